The van der Waals surface area contributed by atoms with Gasteiger partial charge in [0.25, 0.3) is 0 Å². The molecule has 0 aliphatic heterocycles. The van der Waals surface area contributed by atoms with E-state index in [1.807, 2.05) is 29.8 Å². The molecule has 0 radical (unpaired) electrons. The highest BCUT2D eigenvalue weighted by atomic mass is 16.1. The van der Waals surface area contributed by atoms with E-state index in [0.717, 1.165) is 28.9 Å². The lowest BCUT2D eigenvalue weighted by Gasteiger charge is -2.05. The molecule has 78 valence electrons. The number of imidazole rings is 1. The maximum Gasteiger partial charge on any atom is 0.160 e. The van der Waals surface area contributed by atoms with Crippen LogP contribution in [0.3, 0.4) is 0 Å². The maximum absolute atomic E-state index is 11.4. The molecular formula is C12H14N2O. The number of rotatable bonds is 2. The number of ketones is 1. The fourth-order valence-electron chi connectivity index (χ4n) is 1.81. The van der Waals surface area contributed by atoms with Gasteiger partial charge in [0.2, 0.25) is 0 Å². The van der Waals surface area contributed by atoms with E-state index in [2.05, 4.69) is 11.9 Å². The zero-order chi connectivity index (χ0) is 11.0. The summed E-state index contributed by atoms with van der Waals surface area (Å²) >= 11 is 0. The average molecular weight is 202 g/mol. The second-order valence-electron chi connectivity index (χ2n) is 3.77. The van der Waals surface area contributed by atoms with Crippen LogP contribution in [0.15, 0.2) is 18.5 Å². The summed E-state index contributed by atoms with van der Waals surface area (Å²) in [4.78, 5) is 15.8. The van der Waals surface area contributed by atoms with Gasteiger partial charge >= 0.3 is 0 Å². The zero-order valence-corrected chi connectivity index (χ0v) is 9.24. The third-order valence-corrected chi connectivity index (χ3v) is 2.56. The minimum atomic E-state index is 0.106. The summed E-state index contributed by atoms with van der Waals surface area (Å²) in [6, 6.07) is 1.87. The largest absolute Gasteiger partial charge is 0.307 e. The van der Waals surface area contributed by atoms with Crippen LogP contribution < -0.4 is 0 Å². The molecule has 3 heteroatoms. The zero-order valence-electron chi connectivity index (χ0n) is 9.24. The van der Waals surface area contributed by atoms with Gasteiger partial charge in [0, 0.05) is 18.0 Å². The molecule has 0 atom stereocenters. The topological polar surface area (TPSA) is 34.4 Å². The Morgan fingerprint density at radius 3 is 2.80 bits per heavy atom. The van der Waals surface area contributed by atoms with Crippen LogP contribution in [0.2, 0.25) is 0 Å². The highest BCUT2D eigenvalue weighted by molar-refractivity contribution is 5.96. The predicted octanol–water partition coefficient (Wildman–Crippen LogP) is 2.41. The number of aromatic nitrogens is 2. The Labute approximate surface area is 88.8 Å². The van der Waals surface area contributed by atoms with Crippen LogP contribution in [0, 0.1) is 6.92 Å². The van der Waals surface area contributed by atoms with E-state index in [9.17, 15) is 4.79 Å². The summed E-state index contributed by atoms with van der Waals surface area (Å²) in [7, 11) is 0. The first-order valence-electron chi connectivity index (χ1n) is 5.11. The number of carbonyl (C=O) groups excluding carboxylic acids is 1. The molecule has 0 fully saturated rings. The van der Waals surface area contributed by atoms with Gasteiger partial charge in [-0.25, -0.2) is 4.98 Å². The molecule has 2 aromatic heterocycles. The molecule has 0 amide bonds. The van der Waals surface area contributed by atoms with Crippen molar-refractivity contribution in [1.29, 1.82) is 0 Å². The second-order valence-corrected chi connectivity index (χ2v) is 3.77. The number of nitrogens with zero attached hydrogens (tertiary/aromatic N) is 2. The van der Waals surface area contributed by atoms with Gasteiger partial charge in [-0.1, -0.05) is 6.92 Å². The second kappa shape index (κ2) is 3.50. The number of aryl methyl sites for hydroxylation is 2. The lowest BCUT2D eigenvalue weighted by molar-refractivity contribution is 0.101. The van der Waals surface area contributed by atoms with Crippen LogP contribution in [-0.2, 0) is 6.42 Å². The Balaban J connectivity index is 2.73. The Bertz CT molecular complexity index is 526. The molecule has 0 spiro atoms. The Hall–Kier alpha value is -1.64. The first kappa shape index (κ1) is 9.90. The van der Waals surface area contributed by atoms with Crippen molar-refractivity contribution in [1.82, 2.24) is 9.38 Å². The monoisotopic (exact) mass is 202 g/mol. The van der Waals surface area contributed by atoms with Gasteiger partial charge in [-0.15, -0.1) is 0 Å². The van der Waals surface area contributed by atoms with Crippen LogP contribution in [0.1, 0.15) is 35.5 Å². The van der Waals surface area contributed by atoms with Crippen molar-refractivity contribution in [3.05, 3.63) is 35.3 Å². The molecule has 0 bridgehead atoms. The van der Waals surface area contributed by atoms with E-state index < -0.39 is 0 Å². The molecule has 2 rings (SSSR count). The average Bonchev–Trinajstić information content (AvgIpc) is 2.54. The Morgan fingerprint density at radius 1 is 1.47 bits per heavy atom. The molecule has 0 saturated heterocycles. The van der Waals surface area contributed by atoms with Crippen molar-refractivity contribution in [2.24, 2.45) is 0 Å². The van der Waals surface area contributed by atoms with Crippen molar-refractivity contribution in [2.75, 3.05) is 0 Å². The normalized spacial score (nSPS) is 10.9. The number of pyridine rings is 1. The van der Waals surface area contributed by atoms with Crippen LogP contribution >= 0.6 is 0 Å². The van der Waals surface area contributed by atoms with Gasteiger partial charge in [0.05, 0.1) is 5.69 Å². The highest BCUT2D eigenvalue weighted by Crippen LogP contribution is 2.14. The smallest absolute Gasteiger partial charge is 0.160 e. The summed E-state index contributed by atoms with van der Waals surface area (Å²) in [5.41, 5.74) is 3.68. The first-order chi connectivity index (χ1) is 7.11. The first-order valence-corrected chi connectivity index (χ1v) is 5.11. The minimum Gasteiger partial charge on any atom is -0.307 e. The molecule has 0 saturated carbocycles. The molecule has 0 aromatic carbocycles. The van der Waals surface area contributed by atoms with Crippen molar-refractivity contribution >= 4 is 11.4 Å². The minimum absolute atomic E-state index is 0.106. The molecule has 2 heterocycles. The molecule has 2 aromatic rings. The van der Waals surface area contributed by atoms with Gasteiger partial charge in [0.15, 0.2) is 5.78 Å². The van der Waals surface area contributed by atoms with Crippen molar-refractivity contribution in [2.45, 2.75) is 27.2 Å². The molecule has 0 aliphatic carbocycles. The van der Waals surface area contributed by atoms with Gasteiger partial charge in [0.1, 0.15) is 5.65 Å². The number of Topliss-reactive ketones (excluding diaryl/α,β-unsaturated/α-hetero) is 1. The SMILES string of the molecule is CCc1cn2cc(C)nc2cc1C(C)=O. The third-order valence-electron chi connectivity index (χ3n) is 2.56. The number of hydrogen-bond donors (Lipinski definition) is 0. The van der Waals surface area contributed by atoms with Crippen molar-refractivity contribution in [3.63, 3.8) is 0 Å². The molecule has 0 unspecified atom stereocenters. The lowest BCUT2D eigenvalue weighted by atomic mass is 10.1. The molecular weight excluding hydrogens is 188 g/mol. The lowest BCUT2D eigenvalue weighted by Crippen LogP contribution is -2.01. The van der Waals surface area contributed by atoms with Gasteiger partial charge < -0.3 is 4.40 Å². The quantitative estimate of drug-likeness (QED) is 0.701. The fraction of sp³-hybridized carbons (Fsp3) is 0.333. The standard InChI is InChI=1S/C12H14N2O/c1-4-10-7-14-6-8(2)13-12(14)5-11(10)9(3)15/h5-7H,4H2,1-3H3. The predicted molar refractivity (Wildman–Crippen MR) is 59.3 cm³/mol. The Kier molecular flexibility index (Phi) is 2.31. The summed E-state index contributed by atoms with van der Waals surface area (Å²) in [6.07, 6.45) is 4.83. The van der Waals surface area contributed by atoms with Gasteiger partial charge in [-0.3, -0.25) is 4.79 Å². The van der Waals surface area contributed by atoms with E-state index in [0.29, 0.717) is 0 Å². The summed E-state index contributed by atoms with van der Waals surface area (Å²) in [5, 5.41) is 0. The highest BCUT2D eigenvalue weighted by Gasteiger charge is 2.08. The number of hydrogen-bond acceptors (Lipinski definition) is 2. The molecule has 15 heavy (non-hydrogen) atoms. The van der Waals surface area contributed by atoms with E-state index >= 15 is 0 Å². The number of fused-ring (bicyclic) bond motifs is 1. The van der Waals surface area contributed by atoms with Crippen LogP contribution in [0.25, 0.3) is 5.65 Å². The summed E-state index contributed by atoms with van der Waals surface area (Å²) in [5.74, 6) is 0.106. The molecule has 0 N–H and O–H groups in total. The van der Waals surface area contributed by atoms with Crippen LogP contribution in [-0.4, -0.2) is 15.2 Å². The van der Waals surface area contributed by atoms with Crippen LogP contribution in [0.5, 0.6) is 0 Å². The van der Waals surface area contributed by atoms with Crippen molar-refractivity contribution < 1.29 is 4.79 Å². The number of carbonyl (C=O) groups is 1. The molecule has 0 aliphatic rings. The fourth-order valence-corrected chi connectivity index (χ4v) is 1.81. The van der Waals surface area contributed by atoms with Crippen molar-refractivity contribution in [3.8, 4) is 0 Å². The van der Waals surface area contributed by atoms with E-state index in [1.54, 1.807) is 6.92 Å². The van der Waals surface area contributed by atoms with E-state index in [1.165, 1.54) is 0 Å². The molecule has 3 nitrogen and oxygen atoms in total. The maximum atomic E-state index is 11.4. The third kappa shape index (κ3) is 1.65. The van der Waals surface area contributed by atoms with Crippen LogP contribution in [0.4, 0.5) is 0 Å². The van der Waals surface area contributed by atoms with E-state index in [4.69, 9.17) is 0 Å². The summed E-state index contributed by atoms with van der Waals surface area (Å²) < 4.78 is 1.97. The Morgan fingerprint density at radius 2 is 2.20 bits per heavy atom. The van der Waals surface area contributed by atoms with Gasteiger partial charge in [-0.2, -0.15) is 0 Å². The summed E-state index contributed by atoms with van der Waals surface area (Å²) in [6.45, 7) is 5.60. The van der Waals surface area contributed by atoms with Gasteiger partial charge in [-0.05, 0) is 31.9 Å². The van der Waals surface area contributed by atoms with E-state index in [-0.39, 0.29) is 5.78 Å².